The van der Waals surface area contributed by atoms with Crippen molar-refractivity contribution in [1.29, 1.82) is 0 Å². The molecule has 0 aliphatic carbocycles. The molecule has 0 radical (unpaired) electrons. The maximum atomic E-state index is 5.47. The Labute approximate surface area is 429 Å². The lowest BCUT2D eigenvalue weighted by molar-refractivity contribution is 1.09. The third-order valence-electron chi connectivity index (χ3n) is 13.2. The Kier molecular flexibility index (Phi) is 11.4. The first-order valence-corrected chi connectivity index (χ1v) is 24.6. The van der Waals surface area contributed by atoms with Crippen LogP contribution in [-0.2, 0) is 0 Å². The lowest BCUT2D eigenvalue weighted by Crippen LogP contribution is -2.25. The third-order valence-corrected chi connectivity index (χ3v) is 13.2. The van der Waals surface area contributed by atoms with Gasteiger partial charge in [0.05, 0.1) is 56.9 Å². The second kappa shape index (κ2) is 19.2. The molecule has 4 heterocycles. The van der Waals surface area contributed by atoms with Gasteiger partial charge in [0.2, 0.25) is 0 Å². The summed E-state index contributed by atoms with van der Waals surface area (Å²) in [5.74, 6) is 2.51. The number of nitrogens with zero attached hydrogens (tertiary/aromatic N) is 8. The van der Waals surface area contributed by atoms with Gasteiger partial charge in [0.25, 0.3) is 0 Å². The molecule has 0 amide bonds. The topological polar surface area (TPSA) is 83.8 Å². The highest BCUT2D eigenvalue weighted by molar-refractivity contribution is 6.04. The van der Waals surface area contributed by atoms with Crippen LogP contribution >= 0.6 is 0 Å². The normalized spacial score (nSPS) is 11.7. The predicted molar refractivity (Wildman–Crippen MR) is 300 cm³/mol. The molecule has 0 N–H and O–H groups in total. The van der Waals surface area contributed by atoms with Crippen LogP contribution in [0.4, 0.5) is 34.3 Å². The van der Waals surface area contributed by atoms with Crippen LogP contribution in [0.1, 0.15) is 0 Å². The van der Waals surface area contributed by atoms with E-state index < -0.39 is 0 Å². The number of hydrogen-bond donors (Lipinski definition) is 0. The fourth-order valence-electron chi connectivity index (χ4n) is 9.69. The van der Waals surface area contributed by atoms with E-state index >= 15 is 0 Å². The first-order chi connectivity index (χ1) is 36.7. The van der Waals surface area contributed by atoms with E-state index in [1.54, 1.807) is 0 Å². The molecule has 0 unspecified atom stereocenters. The van der Waals surface area contributed by atoms with Crippen molar-refractivity contribution >= 4 is 34.3 Å². The minimum Gasteiger partial charge on any atom is -0.306 e. The SMILES string of the molecule is c1ccc(-c2cc(-c3ccccc3)nc(-c3ccc(N4c5ccccc5N(c5cc(-c6ccccc6)nc(-c6ccccc6)n5)c5ccccc54)c(-c4nc(-c5ccccc5)cc(-c5ccccc5)n4)c3)n2)cc1. The van der Waals surface area contributed by atoms with Crippen LogP contribution in [-0.4, -0.2) is 29.9 Å². The molecule has 9 aromatic carbocycles. The van der Waals surface area contributed by atoms with Gasteiger partial charge in [0.15, 0.2) is 17.5 Å². The van der Waals surface area contributed by atoms with Crippen LogP contribution in [0.5, 0.6) is 0 Å². The molecule has 0 saturated carbocycles. The molecule has 8 heteroatoms. The van der Waals surface area contributed by atoms with Crippen molar-refractivity contribution in [3.63, 3.8) is 0 Å². The van der Waals surface area contributed by atoms with Gasteiger partial charge in [-0.1, -0.05) is 206 Å². The van der Waals surface area contributed by atoms with Crippen LogP contribution < -0.4 is 9.80 Å². The van der Waals surface area contributed by atoms with Gasteiger partial charge < -0.3 is 4.90 Å². The first-order valence-electron chi connectivity index (χ1n) is 24.6. The highest BCUT2D eigenvalue weighted by Gasteiger charge is 2.33. The van der Waals surface area contributed by atoms with Crippen molar-refractivity contribution in [1.82, 2.24) is 29.9 Å². The lowest BCUT2D eigenvalue weighted by Gasteiger charge is -2.40. The number of benzene rings is 9. The zero-order chi connectivity index (χ0) is 49.2. The molecular formula is C66H44N8. The van der Waals surface area contributed by atoms with Gasteiger partial charge in [-0.05, 0) is 54.6 Å². The Hall–Kier alpha value is -10.2. The molecule has 0 atom stereocenters. The quantitative estimate of drug-likeness (QED) is 0.134. The van der Waals surface area contributed by atoms with Crippen molar-refractivity contribution in [2.24, 2.45) is 0 Å². The number of rotatable bonds is 10. The molecule has 12 aromatic rings. The van der Waals surface area contributed by atoms with Gasteiger partial charge >= 0.3 is 0 Å². The van der Waals surface area contributed by atoms with Gasteiger partial charge in [-0.25, -0.2) is 29.9 Å². The Morgan fingerprint density at radius 2 is 0.514 bits per heavy atom. The molecular weight excluding hydrogens is 905 g/mol. The molecule has 0 spiro atoms. The monoisotopic (exact) mass is 948 g/mol. The summed E-state index contributed by atoms with van der Waals surface area (Å²) in [6, 6.07) is 91.3. The van der Waals surface area contributed by atoms with Crippen LogP contribution in [0, 0.1) is 0 Å². The summed E-state index contributed by atoms with van der Waals surface area (Å²) < 4.78 is 0. The van der Waals surface area contributed by atoms with E-state index in [2.05, 4.69) is 168 Å². The minimum atomic E-state index is 0.553. The Morgan fingerprint density at radius 1 is 0.203 bits per heavy atom. The van der Waals surface area contributed by atoms with Crippen LogP contribution in [0.3, 0.4) is 0 Å². The number of hydrogen-bond acceptors (Lipinski definition) is 8. The van der Waals surface area contributed by atoms with Crippen molar-refractivity contribution in [3.8, 4) is 90.5 Å². The van der Waals surface area contributed by atoms with Gasteiger partial charge in [-0.15, -0.1) is 0 Å². The van der Waals surface area contributed by atoms with E-state index in [0.717, 1.165) is 107 Å². The molecule has 8 nitrogen and oxygen atoms in total. The third kappa shape index (κ3) is 8.42. The molecule has 13 rings (SSSR count). The van der Waals surface area contributed by atoms with Crippen molar-refractivity contribution in [3.05, 3.63) is 267 Å². The maximum Gasteiger partial charge on any atom is 0.162 e. The molecule has 0 fully saturated rings. The highest BCUT2D eigenvalue weighted by Crippen LogP contribution is 2.55. The van der Waals surface area contributed by atoms with Crippen LogP contribution in [0.15, 0.2) is 267 Å². The van der Waals surface area contributed by atoms with E-state index in [0.29, 0.717) is 17.5 Å². The van der Waals surface area contributed by atoms with Gasteiger partial charge in [-0.2, -0.15) is 0 Å². The van der Waals surface area contributed by atoms with E-state index in [9.17, 15) is 0 Å². The second-order valence-corrected chi connectivity index (χ2v) is 17.9. The summed E-state index contributed by atoms with van der Waals surface area (Å²) in [4.78, 5) is 36.6. The summed E-state index contributed by atoms with van der Waals surface area (Å²) in [6.45, 7) is 0. The van der Waals surface area contributed by atoms with Gasteiger partial charge in [0, 0.05) is 50.6 Å². The van der Waals surface area contributed by atoms with E-state index in [4.69, 9.17) is 29.9 Å². The Bertz CT molecular complexity index is 3730. The fraction of sp³-hybridized carbons (Fsp3) is 0. The largest absolute Gasteiger partial charge is 0.306 e. The number of anilines is 6. The molecule has 3 aromatic heterocycles. The summed E-state index contributed by atoms with van der Waals surface area (Å²) in [6.07, 6.45) is 0. The summed E-state index contributed by atoms with van der Waals surface area (Å²) >= 11 is 0. The number of fused-ring (bicyclic) bond motifs is 2. The Balaban J connectivity index is 1.05. The summed E-state index contributed by atoms with van der Waals surface area (Å²) in [5, 5.41) is 0. The van der Waals surface area contributed by atoms with E-state index in [1.165, 1.54) is 0 Å². The lowest BCUT2D eigenvalue weighted by atomic mass is 10.00. The number of aromatic nitrogens is 6. The van der Waals surface area contributed by atoms with Crippen molar-refractivity contribution < 1.29 is 0 Å². The summed E-state index contributed by atoms with van der Waals surface area (Å²) in [5.41, 5.74) is 16.2. The van der Waals surface area contributed by atoms with Gasteiger partial charge in [0.1, 0.15) is 5.82 Å². The summed E-state index contributed by atoms with van der Waals surface area (Å²) in [7, 11) is 0. The molecule has 74 heavy (non-hydrogen) atoms. The average Bonchev–Trinajstić information content (AvgIpc) is 3.49. The first kappa shape index (κ1) is 43.8. The fourth-order valence-corrected chi connectivity index (χ4v) is 9.69. The molecule has 1 aliphatic heterocycles. The zero-order valence-corrected chi connectivity index (χ0v) is 40.0. The van der Waals surface area contributed by atoms with Crippen LogP contribution in [0.25, 0.3) is 90.5 Å². The predicted octanol–water partition coefficient (Wildman–Crippen LogP) is 16.6. The standard InChI is InChI=1S/C66H44N8/c1-7-23-45(24-8-1)53-42-54(46-25-9-2-10-26-46)68-65(67-53)51-39-40-58(52(41-51)66-70-55(47-27-11-3-12-28-47)43-56(71-66)48-29-13-4-14-30-48)73-59-35-19-21-37-61(59)74(62-38-22-20-36-60(62)73)63-44-57(49-31-15-5-16-32-49)69-64(72-63)50-33-17-6-18-34-50/h1-44H. The molecule has 348 valence electrons. The maximum absolute atomic E-state index is 5.47. The van der Waals surface area contributed by atoms with Crippen molar-refractivity contribution in [2.75, 3.05) is 9.80 Å². The van der Waals surface area contributed by atoms with Gasteiger partial charge in [-0.3, -0.25) is 4.90 Å². The minimum absolute atomic E-state index is 0.553. The molecule has 0 bridgehead atoms. The van der Waals surface area contributed by atoms with E-state index in [-0.39, 0.29) is 0 Å². The van der Waals surface area contributed by atoms with E-state index in [1.807, 2.05) is 109 Å². The highest BCUT2D eigenvalue weighted by atomic mass is 15.3. The number of para-hydroxylation sites is 4. The second-order valence-electron chi connectivity index (χ2n) is 17.9. The molecule has 1 aliphatic rings. The molecule has 0 saturated heterocycles. The zero-order valence-electron chi connectivity index (χ0n) is 40.0. The van der Waals surface area contributed by atoms with Crippen LogP contribution in [0.2, 0.25) is 0 Å². The average molecular weight is 949 g/mol. The smallest absolute Gasteiger partial charge is 0.162 e. The Morgan fingerprint density at radius 3 is 0.905 bits per heavy atom. The van der Waals surface area contributed by atoms with Crippen molar-refractivity contribution in [2.45, 2.75) is 0 Å².